The molecule has 16 heteroatoms. The quantitative estimate of drug-likeness (QED) is 0.102. The van der Waals surface area contributed by atoms with E-state index >= 15 is 0 Å². The first-order valence-corrected chi connectivity index (χ1v) is 14.8. The molecule has 0 bridgehead atoms. The summed E-state index contributed by atoms with van der Waals surface area (Å²) < 4.78 is 11.9. The summed E-state index contributed by atoms with van der Waals surface area (Å²) in [6, 6.07) is 14.6. The van der Waals surface area contributed by atoms with Gasteiger partial charge in [-0.05, 0) is 24.0 Å². The maximum absolute atomic E-state index is 12.1. The average molecular weight is 767 g/mol. The van der Waals surface area contributed by atoms with E-state index in [2.05, 4.69) is 0 Å². The van der Waals surface area contributed by atoms with Crippen LogP contribution in [-0.2, 0) is 36.6 Å². The van der Waals surface area contributed by atoms with Crippen molar-refractivity contribution in [2.45, 2.75) is 24.9 Å². The van der Waals surface area contributed by atoms with Crippen molar-refractivity contribution >= 4 is 31.5 Å². The molecule has 2 aromatic rings. The summed E-state index contributed by atoms with van der Waals surface area (Å²) in [6.45, 7) is -2.10. The molecule has 0 aliphatic heterocycles. The molecule has 1 radical (unpaired) electrons. The van der Waals surface area contributed by atoms with E-state index in [1.54, 1.807) is 60.7 Å². The number of carboxylic acid groups (broad SMARTS) is 4. The number of nitrogens with zero attached hydrogens (tertiary/aromatic N) is 3. The number of hydrogen-bond acceptors (Lipinski definition) is 8. The third-order valence-corrected chi connectivity index (χ3v) is 7.23. The fourth-order valence-electron chi connectivity index (χ4n) is 4.51. The van der Waals surface area contributed by atoms with Crippen LogP contribution in [0.2, 0.25) is 0 Å². The summed E-state index contributed by atoms with van der Waals surface area (Å²) in [5.74, 6) is -5.15. The van der Waals surface area contributed by atoms with Gasteiger partial charge in [0.05, 0.1) is 13.1 Å². The summed E-state index contributed by atoms with van der Waals surface area (Å²) in [5.41, 5.74) is 1.30. The van der Waals surface area contributed by atoms with Gasteiger partial charge in [-0.2, -0.15) is 0 Å². The number of rotatable bonds is 20. The van der Waals surface area contributed by atoms with Crippen molar-refractivity contribution in [3.63, 3.8) is 0 Å². The fraction of sp³-hybridized carbons (Fsp3) is 0.407. The zero-order valence-electron chi connectivity index (χ0n) is 23.2. The zero-order chi connectivity index (χ0) is 31.3. The molecule has 0 heterocycles. The molecule has 2 aromatic carbocycles. The maximum atomic E-state index is 12.1. The van der Waals surface area contributed by atoms with E-state index in [-0.39, 0.29) is 79.0 Å². The Bertz CT molecular complexity index is 1150. The van der Waals surface area contributed by atoms with Crippen LogP contribution in [0.25, 0.3) is 0 Å². The van der Waals surface area contributed by atoms with Crippen LogP contribution in [-0.4, -0.2) is 126 Å². The molecule has 6 N–H and O–H groups in total. The average Bonchev–Trinajstić information content (AvgIpc) is 2.90. The Morgan fingerprint density at radius 1 is 0.628 bits per heavy atom. The van der Waals surface area contributed by atoms with Crippen molar-refractivity contribution in [2.24, 2.45) is 0 Å². The van der Waals surface area contributed by atoms with E-state index in [1.807, 2.05) is 0 Å². The first-order valence-electron chi connectivity index (χ1n) is 13.0. The smallest absolute Gasteiger partial charge is 0.480 e. The molecule has 2 atom stereocenters. The van der Waals surface area contributed by atoms with E-state index < -0.39 is 62.9 Å². The molecule has 2 rings (SSSR count). The molecule has 0 saturated carbocycles. The first kappa shape index (κ1) is 38.7. The third kappa shape index (κ3) is 15.3. The first-order chi connectivity index (χ1) is 19.7. The van der Waals surface area contributed by atoms with Gasteiger partial charge in [-0.15, -0.1) is 0 Å². The van der Waals surface area contributed by atoms with Crippen molar-refractivity contribution in [3.8, 4) is 0 Å². The molecule has 0 aliphatic rings. The molecule has 0 amide bonds. The van der Waals surface area contributed by atoms with E-state index in [0.29, 0.717) is 11.1 Å². The largest absolute Gasteiger partial charge is 3.00 e. The molecular weight excluding hydrogens is 731 g/mol. The molecule has 2 unspecified atom stereocenters. The van der Waals surface area contributed by atoms with Gasteiger partial charge in [-0.25, -0.2) is 0 Å². The van der Waals surface area contributed by atoms with Crippen LogP contribution in [0.15, 0.2) is 60.7 Å². The van der Waals surface area contributed by atoms with Crippen LogP contribution in [0.5, 0.6) is 0 Å². The van der Waals surface area contributed by atoms with E-state index in [0.717, 1.165) is 0 Å². The standard InChI is InChI=1S/C27H36N3O11P.Gd/c31-24(32)17-29(22(26(35)36)15-20-7-3-1-4-8-20)13-11-28(19-42(39,40)41)12-14-30(18-25(33)34)23(27(37)38)16-21-9-5-2-6-10-21;/h1-10,22-23H,11-19H2,(H,31,32)(H,33,34)(H,35,36)(H,37,38)(H2,39,40,41);/q;+3. The summed E-state index contributed by atoms with van der Waals surface area (Å²) >= 11 is 0. The van der Waals surface area contributed by atoms with Gasteiger partial charge in [0.15, 0.2) is 0 Å². The van der Waals surface area contributed by atoms with Gasteiger partial charge in [0.25, 0.3) is 0 Å². The summed E-state index contributed by atoms with van der Waals surface area (Å²) in [6.07, 6.45) is -0.829. The number of carboxylic acids is 4. The molecule has 0 spiro atoms. The van der Waals surface area contributed by atoms with Gasteiger partial charge in [0.2, 0.25) is 0 Å². The van der Waals surface area contributed by atoms with Crippen LogP contribution in [0, 0.1) is 39.9 Å². The fourth-order valence-corrected chi connectivity index (χ4v) is 5.31. The number of carbonyl (C=O) groups is 4. The number of benzene rings is 2. The third-order valence-electron chi connectivity index (χ3n) is 6.46. The Morgan fingerprint density at radius 3 is 1.26 bits per heavy atom. The molecular formula is C27H36GdN3O11P+3. The van der Waals surface area contributed by atoms with Crippen molar-refractivity contribution in [1.82, 2.24) is 14.7 Å². The Morgan fingerprint density at radius 2 is 0.977 bits per heavy atom. The number of hydrogen-bond donors (Lipinski definition) is 6. The van der Waals surface area contributed by atoms with Gasteiger partial charge in [0, 0.05) is 26.2 Å². The van der Waals surface area contributed by atoms with Gasteiger partial charge in [-0.3, -0.25) is 38.4 Å². The van der Waals surface area contributed by atoms with Crippen LogP contribution in [0.4, 0.5) is 0 Å². The second-order valence-electron chi connectivity index (χ2n) is 9.74. The van der Waals surface area contributed by atoms with E-state index in [9.17, 15) is 54.0 Å². The van der Waals surface area contributed by atoms with Crippen molar-refractivity contribution in [2.75, 3.05) is 45.6 Å². The summed E-state index contributed by atoms with van der Waals surface area (Å²) in [5, 5.41) is 38.6. The minimum Gasteiger partial charge on any atom is -0.480 e. The van der Waals surface area contributed by atoms with Gasteiger partial charge in [-0.1, -0.05) is 60.7 Å². The molecule has 235 valence electrons. The zero-order valence-corrected chi connectivity index (χ0v) is 26.3. The Balaban J connectivity index is 0.00000924. The van der Waals surface area contributed by atoms with Gasteiger partial charge >= 0.3 is 71.4 Å². The number of aliphatic carboxylic acids is 4. The Kier molecular flexibility index (Phi) is 17.2. The molecule has 0 saturated heterocycles. The SMILES string of the molecule is O=C(O)CN(CCN(CCN(CC(=O)O)C(Cc1ccccc1)C(=O)O)CP(=O)(O)O)C(Cc1ccccc1)C(=O)O.[Gd+3]. The minimum atomic E-state index is -4.67. The normalized spacial score (nSPS) is 13.0. The van der Waals surface area contributed by atoms with Crippen LogP contribution in [0.3, 0.4) is 0 Å². The van der Waals surface area contributed by atoms with Gasteiger partial charge in [0.1, 0.15) is 18.4 Å². The molecule has 0 fully saturated rings. The summed E-state index contributed by atoms with van der Waals surface area (Å²) in [4.78, 5) is 70.3. The van der Waals surface area contributed by atoms with Gasteiger partial charge < -0.3 is 30.2 Å². The molecule has 43 heavy (non-hydrogen) atoms. The topological polar surface area (TPSA) is 216 Å². The molecule has 0 aliphatic carbocycles. The van der Waals surface area contributed by atoms with Crippen LogP contribution < -0.4 is 0 Å². The second-order valence-corrected chi connectivity index (χ2v) is 11.4. The van der Waals surface area contributed by atoms with Crippen molar-refractivity contribution in [1.29, 1.82) is 0 Å². The Hall–Kier alpha value is -2.33. The minimum absolute atomic E-state index is 0. The molecule has 0 aromatic heterocycles. The molecule has 14 nitrogen and oxygen atoms in total. The van der Waals surface area contributed by atoms with E-state index in [1.165, 1.54) is 14.7 Å². The predicted octanol–water partition coefficient (Wildman–Crippen LogP) is 0.589. The van der Waals surface area contributed by atoms with Crippen molar-refractivity contribution < 1.29 is 93.9 Å². The monoisotopic (exact) mass is 767 g/mol. The van der Waals surface area contributed by atoms with Crippen molar-refractivity contribution in [3.05, 3.63) is 71.8 Å². The second kappa shape index (κ2) is 19.1. The van der Waals surface area contributed by atoms with E-state index in [4.69, 9.17) is 0 Å². The Labute approximate surface area is 280 Å². The van der Waals surface area contributed by atoms with Crippen LogP contribution >= 0.6 is 7.60 Å². The maximum Gasteiger partial charge on any atom is 3.00 e. The predicted molar refractivity (Wildman–Crippen MR) is 150 cm³/mol. The van der Waals surface area contributed by atoms with Crippen LogP contribution in [0.1, 0.15) is 11.1 Å². The summed E-state index contributed by atoms with van der Waals surface area (Å²) in [7, 11) is -4.67.